The van der Waals surface area contributed by atoms with Crippen LogP contribution in [0, 0.1) is 6.92 Å². The summed E-state index contributed by atoms with van der Waals surface area (Å²) in [7, 11) is 0. The third kappa shape index (κ3) is 2.77. The third-order valence-electron chi connectivity index (χ3n) is 3.27. The fourth-order valence-corrected chi connectivity index (χ4v) is 2.38. The van der Waals surface area contributed by atoms with Crippen molar-refractivity contribution in [1.82, 2.24) is 15.5 Å². The summed E-state index contributed by atoms with van der Waals surface area (Å²) in [5.74, 6) is 0.836. The van der Waals surface area contributed by atoms with Gasteiger partial charge < -0.3 is 10.6 Å². The fourth-order valence-electron chi connectivity index (χ4n) is 2.02. The van der Waals surface area contributed by atoms with Crippen molar-refractivity contribution in [3.8, 4) is 11.3 Å². The highest BCUT2D eigenvalue weighted by Crippen LogP contribution is 2.25. The van der Waals surface area contributed by atoms with Gasteiger partial charge in [0.05, 0.1) is 11.7 Å². The first-order valence-corrected chi connectivity index (χ1v) is 7.09. The van der Waals surface area contributed by atoms with Gasteiger partial charge in [0.2, 0.25) is 0 Å². The number of nitrogens with one attached hydrogen (secondary N) is 2. The quantitative estimate of drug-likeness (QED) is 0.913. The van der Waals surface area contributed by atoms with Crippen LogP contribution in [-0.2, 0) is 0 Å². The lowest BCUT2D eigenvalue weighted by molar-refractivity contribution is 0.470. The van der Waals surface area contributed by atoms with E-state index in [0.29, 0.717) is 6.04 Å². The largest absolute Gasteiger partial charge is 0.363 e. The van der Waals surface area contributed by atoms with E-state index in [-0.39, 0.29) is 0 Å². The molecular weight excluding hydrogens is 304 g/mol. The van der Waals surface area contributed by atoms with Crippen molar-refractivity contribution in [3.05, 3.63) is 40.4 Å². The number of hydrogen-bond donors (Lipinski definition) is 2. The molecule has 0 saturated carbocycles. The van der Waals surface area contributed by atoms with E-state index in [2.05, 4.69) is 55.8 Å². The fraction of sp³-hybridized carbons (Fsp3) is 0.286. The van der Waals surface area contributed by atoms with Gasteiger partial charge in [-0.25, -0.2) is 0 Å². The standard InChI is InChI=1S/C14H15BrN4/c1-9-2-3-10(15)6-12(9)13-4-5-14(19-18-13)17-11-7-16-8-11/h2-6,11,16H,7-8H2,1H3,(H,17,19). The second-order valence-corrected chi connectivity index (χ2v) is 5.68. The smallest absolute Gasteiger partial charge is 0.148 e. The second-order valence-electron chi connectivity index (χ2n) is 4.76. The van der Waals surface area contributed by atoms with Crippen LogP contribution in [0.3, 0.4) is 0 Å². The number of hydrogen-bond acceptors (Lipinski definition) is 4. The van der Waals surface area contributed by atoms with Crippen molar-refractivity contribution in [2.24, 2.45) is 0 Å². The van der Waals surface area contributed by atoms with Gasteiger partial charge in [-0.2, -0.15) is 0 Å². The molecule has 1 aromatic heterocycles. The van der Waals surface area contributed by atoms with Crippen LogP contribution >= 0.6 is 15.9 Å². The molecule has 19 heavy (non-hydrogen) atoms. The van der Waals surface area contributed by atoms with Gasteiger partial charge >= 0.3 is 0 Å². The van der Waals surface area contributed by atoms with Crippen molar-refractivity contribution < 1.29 is 0 Å². The summed E-state index contributed by atoms with van der Waals surface area (Å²) >= 11 is 3.49. The Kier molecular flexibility index (Phi) is 3.48. The van der Waals surface area contributed by atoms with Gasteiger partial charge in [-0.15, -0.1) is 10.2 Å². The normalized spacial score (nSPS) is 15.1. The Morgan fingerprint density at radius 3 is 2.68 bits per heavy atom. The summed E-state index contributed by atoms with van der Waals surface area (Å²) in [6, 6.07) is 10.7. The maximum Gasteiger partial charge on any atom is 0.148 e. The van der Waals surface area contributed by atoms with Crippen LogP contribution in [0.15, 0.2) is 34.8 Å². The molecule has 0 spiro atoms. The number of nitrogens with zero attached hydrogens (tertiary/aromatic N) is 2. The Morgan fingerprint density at radius 1 is 1.21 bits per heavy atom. The van der Waals surface area contributed by atoms with Crippen LogP contribution in [0.2, 0.25) is 0 Å². The summed E-state index contributed by atoms with van der Waals surface area (Å²) < 4.78 is 1.05. The predicted molar refractivity (Wildman–Crippen MR) is 80.2 cm³/mol. The van der Waals surface area contributed by atoms with Gasteiger partial charge in [0.15, 0.2) is 0 Å². The number of halogens is 1. The molecule has 1 aliphatic heterocycles. The Morgan fingerprint density at radius 2 is 2.05 bits per heavy atom. The topological polar surface area (TPSA) is 49.8 Å². The molecule has 2 heterocycles. The molecule has 1 fully saturated rings. The molecule has 0 unspecified atom stereocenters. The first-order chi connectivity index (χ1) is 9.22. The predicted octanol–water partition coefficient (Wildman–Crippen LogP) is 2.60. The summed E-state index contributed by atoms with van der Waals surface area (Å²) in [4.78, 5) is 0. The summed E-state index contributed by atoms with van der Waals surface area (Å²) in [5, 5.41) is 15.1. The molecule has 2 aromatic rings. The van der Waals surface area contributed by atoms with Crippen molar-refractivity contribution >= 4 is 21.7 Å². The van der Waals surface area contributed by atoms with Crippen LogP contribution < -0.4 is 10.6 Å². The highest BCUT2D eigenvalue weighted by Gasteiger charge is 2.16. The molecule has 0 aliphatic carbocycles. The van der Waals surface area contributed by atoms with Gasteiger partial charge in [0.25, 0.3) is 0 Å². The number of aryl methyl sites for hydroxylation is 1. The highest BCUT2D eigenvalue weighted by atomic mass is 79.9. The SMILES string of the molecule is Cc1ccc(Br)cc1-c1ccc(NC2CNC2)nn1. The molecule has 0 radical (unpaired) electrons. The number of rotatable bonds is 3. The number of aromatic nitrogens is 2. The van der Waals surface area contributed by atoms with Crippen molar-refractivity contribution in [2.75, 3.05) is 18.4 Å². The zero-order valence-electron chi connectivity index (χ0n) is 10.7. The average Bonchev–Trinajstić information content (AvgIpc) is 2.38. The van der Waals surface area contributed by atoms with E-state index in [1.54, 1.807) is 0 Å². The molecule has 1 aliphatic rings. The first kappa shape index (κ1) is 12.6. The maximum absolute atomic E-state index is 4.31. The summed E-state index contributed by atoms with van der Waals surface area (Å²) in [6.07, 6.45) is 0. The molecule has 5 heteroatoms. The Labute approximate surface area is 120 Å². The molecule has 0 atom stereocenters. The van der Waals surface area contributed by atoms with E-state index in [0.717, 1.165) is 34.6 Å². The highest BCUT2D eigenvalue weighted by molar-refractivity contribution is 9.10. The number of benzene rings is 1. The maximum atomic E-state index is 4.31. The molecule has 98 valence electrons. The zero-order valence-corrected chi connectivity index (χ0v) is 12.2. The van der Waals surface area contributed by atoms with E-state index in [9.17, 15) is 0 Å². The lowest BCUT2D eigenvalue weighted by Gasteiger charge is -2.28. The molecule has 1 saturated heterocycles. The molecule has 4 nitrogen and oxygen atoms in total. The minimum Gasteiger partial charge on any atom is -0.363 e. The molecular formula is C14H15BrN4. The van der Waals surface area contributed by atoms with Crippen molar-refractivity contribution in [2.45, 2.75) is 13.0 Å². The summed E-state index contributed by atoms with van der Waals surface area (Å²) in [6.45, 7) is 4.07. The monoisotopic (exact) mass is 318 g/mol. The van der Waals surface area contributed by atoms with Gasteiger partial charge in [0, 0.05) is 23.1 Å². The Hall–Kier alpha value is -1.46. The zero-order chi connectivity index (χ0) is 13.2. The third-order valence-corrected chi connectivity index (χ3v) is 3.77. The second kappa shape index (κ2) is 5.27. The van der Waals surface area contributed by atoms with Crippen molar-refractivity contribution in [1.29, 1.82) is 0 Å². The summed E-state index contributed by atoms with van der Waals surface area (Å²) in [5.41, 5.74) is 3.20. The first-order valence-electron chi connectivity index (χ1n) is 6.30. The van der Waals surface area contributed by atoms with Crippen LogP contribution in [-0.4, -0.2) is 29.3 Å². The van der Waals surface area contributed by atoms with Crippen LogP contribution in [0.1, 0.15) is 5.56 Å². The molecule has 2 N–H and O–H groups in total. The minimum absolute atomic E-state index is 0.479. The minimum atomic E-state index is 0.479. The van der Waals surface area contributed by atoms with Crippen LogP contribution in [0.25, 0.3) is 11.3 Å². The Bertz CT molecular complexity index is 578. The lowest BCUT2D eigenvalue weighted by Crippen LogP contribution is -2.51. The van der Waals surface area contributed by atoms with Gasteiger partial charge in [-0.1, -0.05) is 22.0 Å². The van der Waals surface area contributed by atoms with E-state index in [1.807, 2.05) is 18.2 Å². The number of anilines is 1. The molecule has 1 aromatic carbocycles. The van der Waals surface area contributed by atoms with Gasteiger partial charge in [0.1, 0.15) is 5.82 Å². The van der Waals surface area contributed by atoms with Crippen LogP contribution in [0.4, 0.5) is 5.82 Å². The lowest BCUT2D eigenvalue weighted by atomic mass is 10.1. The van der Waals surface area contributed by atoms with Crippen LogP contribution in [0.5, 0.6) is 0 Å². The Balaban J connectivity index is 1.83. The molecule has 0 bridgehead atoms. The van der Waals surface area contributed by atoms with Gasteiger partial charge in [-0.05, 0) is 36.8 Å². The molecule has 3 rings (SSSR count). The van der Waals surface area contributed by atoms with E-state index >= 15 is 0 Å². The molecule has 0 amide bonds. The van der Waals surface area contributed by atoms with Gasteiger partial charge in [-0.3, -0.25) is 0 Å². The van der Waals surface area contributed by atoms with E-state index in [4.69, 9.17) is 0 Å². The average molecular weight is 319 g/mol. The van der Waals surface area contributed by atoms with E-state index in [1.165, 1.54) is 5.56 Å². The van der Waals surface area contributed by atoms with E-state index < -0.39 is 0 Å². The van der Waals surface area contributed by atoms with Crippen molar-refractivity contribution in [3.63, 3.8) is 0 Å².